The van der Waals surface area contributed by atoms with E-state index < -0.39 is 0 Å². The summed E-state index contributed by atoms with van der Waals surface area (Å²) in [5.74, 6) is 0.185. The summed E-state index contributed by atoms with van der Waals surface area (Å²) < 4.78 is 5.37. The molecule has 2 heterocycles. The summed E-state index contributed by atoms with van der Waals surface area (Å²) in [6.07, 6.45) is 0. The monoisotopic (exact) mass is 170 g/mol. The zero-order valence-corrected chi connectivity index (χ0v) is 7.25. The van der Waals surface area contributed by atoms with E-state index in [4.69, 9.17) is 4.74 Å². The average molecular weight is 170 g/mol. The molecule has 4 nitrogen and oxygen atoms in total. The van der Waals surface area contributed by atoms with Crippen LogP contribution in [0.2, 0.25) is 0 Å². The predicted octanol–water partition coefficient (Wildman–Crippen LogP) is -0.937. The number of carbonyl (C=O) groups excluding carboxylic acids is 1. The molecule has 0 spiro atoms. The van der Waals surface area contributed by atoms with Crippen molar-refractivity contribution in [1.82, 2.24) is 10.2 Å². The number of rotatable bonds is 0. The minimum atomic E-state index is 0.0301. The summed E-state index contributed by atoms with van der Waals surface area (Å²) in [5, 5.41) is 2.97. The zero-order chi connectivity index (χ0) is 8.55. The third-order valence-corrected chi connectivity index (χ3v) is 2.42. The highest BCUT2D eigenvalue weighted by molar-refractivity contribution is 5.79. The molecule has 1 amide bonds. The van der Waals surface area contributed by atoms with E-state index in [2.05, 4.69) is 10.2 Å². The molecule has 2 bridgehead atoms. The number of carbonyl (C=O) groups is 1. The van der Waals surface area contributed by atoms with Crippen LogP contribution in [0.3, 0.4) is 0 Å². The van der Waals surface area contributed by atoms with E-state index >= 15 is 0 Å². The van der Waals surface area contributed by atoms with Gasteiger partial charge in [-0.2, -0.15) is 0 Å². The van der Waals surface area contributed by atoms with Crippen LogP contribution in [-0.4, -0.2) is 50.2 Å². The lowest BCUT2D eigenvalue weighted by Gasteiger charge is -2.23. The Morgan fingerprint density at radius 1 is 1.50 bits per heavy atom. The molecule has 2 saturated heterocycles. The highest BCUT2D eigenvalue weighted by Crippen LogP contribution is 2.11. The van der Waals surface area contributed by atoms with Crippen LogP contribution in [0, 0.1) is 5.92 Å². The van der Waals surface area contributed by atoms with Gasteiger partial charge in [-0.1, -0.05) is 0 Å². The van der Waals surface area contributed by atoms with Crippen molar-refractivity contribution in [3.05, 3.63) is 0 Å². The van der Waals surface area contributed by atoms with E-state index in [0.717, 1.165) is 13.1 Å². The first kappa shape index (κ1) is 8.01. The summed E-state index contributed by atoms with van der Waals surface area (Å²) in [5.41, 5.74) is 0. The van der Waals surface area contributed by atoms with E-state index in [-0.39, 0.29) is 17.9 Å². The second-order valence-electron chi connectivity index (χ2n) is 3.66. The molecule has 68 valence electrons. The van der Waals surface area contributed by atoms with E-state index in [1.807, 2.05) is 7.05 Å². The van der Waals surface area contributed by atoms with Crippen LogP contribution < -0.4 is 5.32 Å². The summed E-state index contributed by atoms with van der Waals surface area (Å²) in [6.45, 7) is 2.96. The molecule has 0 aliphatic carbocycles. The molecule has 0 radical (unpaired) electrons. The molecule has 0 saturated carbocycles. The van der Waals surface area contributed by atoms with Crippen LogP contribution in [0.25, 0.3) is 0 Å². The topological polar surface area (TPSA) is 41.6 Å². The predicted molar refractivity (Wildman–Crippen MR) is 43.7 cm³/mol. The van der Waals surface area contributed by atoms with Crippen molar-refractivity contribution in [3.63, 3.8) is 0 Å². The van der Waals surface area contributed by atoms with E-state index in [1.54, 1.807) is 0 Å². The van der Waals surface area contributed by atoms with Gasteiger partial charge in [0.05, 0.1) is 25.2 Å². The molecule has 4 heteroatoms. The van der Waals surface area contributed by atoms with Crippen molar-refractivity contribution in [2.45, 2.75) is 6.04 Å². The van der Waals surface area contributed by atoms with Crippen LogP contribution in [-0.2, 0) is 9.53 Å². The summed E-state index contributed by atoms with van der Waals surface area (Å²) >= 11 is 0. The van der Waals surface area contributed by atoms with Gasteiger partial charge < -0.3 is 15.0 Å². The Morgan fingerprint density at radius 2 is 2.33 bits per heavy atom. The molecule has 2 atom stereocenters. The van der Waals surface area contributed by atoms with Crippen molar-refractivity contribution < 1.29 is 9.53 Å². The standard InChI is InChI=1S/C8H14N2O2/c1-10-2-6-4-12-5-7(3-10)9-8(6)11/h6-7H,2-5H2,1H3,(H,9,11). The summed E-state index contributed by atoms with van der Waals surface area (Å²) in [4.78, 5) is 13.6. The second-order valence-corrected chi connectivity index (χ2v) is 3.66. The number of likely N-dealkylation sites (N-methyl/N-ethyl adjacent to an activating group) is 1. The van der Waals surface area contributed by atoms with Crippen molar-refractivity contribution in [2.75, 3.05) is 33.4 Å². The van der Waals surface area contributed by atoms with Gasteiger partial charge in [0.25, 0.3) is 0 Å². The molecule has 0 aromatic heterocycles. The van der Waals surface area contributed by atoms with Crippen LogP contribution in [0.4, 0.5) is 0 Å². The van der Waals surface area contributed by atoms with Gasteiger partial charge in [0.2, 0.25) is 5.91 Å². The van der Waals surface area contributed by atoms with Crippen LogP contribution in [0.15, 0.2) is 0 Å². The SMILES string of the molecule is CN1CC2COCC(C1)C(=O)N2. The van der Waals surface area contributed by atoms with E-state index in [1.165, 1.54) is 0 Å². The summed E-state index contributed by atoms with van der Waals surface area (Å²) in [7, 11) is 2.05. The third-order valence-electron chi connectivity index (χ3n) is 2.42. The molecule has 1 N–H and O–H groups in total. The highest BCUT2D eigenvalue weighted by atomic mass is 16.5. The molecule has 0 aromatic rings. The summed E-state index contributed by atoms with van der Waals surface area (Å²) in [6, 6.07) is 0.190. The van der Waals surface area contributed by atoms with Gasteiger partial charge in [-0.05, 0) is 7.05 Å². The molecule has 2 unspecified atom stereocenters. The number of hydrogen-bond donors (Lipinski definition) is 1. The first-order valence-corrected chi connectivity index (χ1v) is 4.32. The Hall–Kier alpha value is -0.610. The van der Waals surface area contributed by atoms with Gasteiger partial charge in [-0.15, -0.1) is 0 Å². The Morgan fingerprint density at radius 3 is 3.17 bits per heavy atom. The molecule has 2 aliphatic rings. The maximum absolute atomic E-state index is 11.4. The van der Waals surface area contributed by atoms with Crippen LogP contribution in [0.1, 0.15) is 0 Å². The molecule has 0 aromatic carbocycles. The molecule has 12 heavy (non-hydrogen) atoms. The number of amides is 1. The third kappa shape index (κ3) is 1.44. The Balaban J connectivity index is 2.16. The van der Waals surface area contributed by atoms with Gasteiger partial charge in [0.1, 0.15) is 0 Å². The Bertz CT molecular complexity index is 195. The van der Waals surface area contributed by atoms with Crippen molar-refractivity contribution in [2.24, 2.45) is 5.92 Å². The molecule has 2 fully saturated rings. The second kappa shape index (κ2) is 3.03. The minimum Gasteiger partial charge on any atom is -0.378 e. The van der Waals surface area contributed by atoms with Crippen molar-refractivity contribution in [3.8, 4) is 0 Å². The van der Waals surface area contributed by atoms with E-state index in [9.17, 15) is 4.79 Å². The average Bonchev–Trinajstić information content (AvgIpc) is 2.18. The maximum Gasteiger partial charge on any atom is 0.227 e. The number of hydrogen-bond acceptors (Lipinski definition) is 3. The first-order valence-electron chi connectivity index (χ1n) is 4.32. The lowest BCUT2D eigenvalue weighted by molar-refractivity contribution is -0.125. The Labute approximate surface area is 71.9 Å². The van der Waals surface area contributed by atoms with Crippen LogP contribution >= 0.6 is 0 Å². The molecule has 2 aliphatic heterocycles. The van der Waals surface area contributed by atoms with Gasteiger partial charge in [0.15, 0.2) is 0 Å². The van der Waals surface area contributed by atoms with E-state index in [0.29, 0.717) is 13.2 Å². The molecular formula is C8H14N2O2. The first-order chi connectivity index (χ1) is 5.75. The van der Waals surface area contributed by atoms with Crippen molar-refractivity contribution in [1.29, 1.82) is 0 Å². The van der Waals surface area contributed by atoms with Gasteiger partial charge >= 0.3 is 0 Å². The fourth-order valence-corrected chi connectivity index (χ4v) is 1.85. The highest BCUT2D eigenvalue weighted by Gasteiger charge is 2.31. The van der Waals surface area contributed by atoms with Crippen LogP contribution in [0.5, 0.6) is 0 Å². The fourth-order valence-electron chi connectivity index (χ4n) is 1.85. The maximum atomic E-state index is 11.4. The quantitative estimate of drug-likeness (QED) is 0.510. The number of fused-ring (bicyclic) bond motifs is 3. The normalized spacial score (nSPS) is 37.2. The largest absolute Gasteiger partial charge is 0.378 e. The number of nitrogens with one attached hydrogen (secondary N) is 1. The molecular weight excluding hydrogens is 156 g/mol. The Kier molecular flexibility index (Phi) is 2.02. The van der Waals surface area contributed by atoms with Gasteiger partial charge in [-0.25, -0.2) is 0 Å². The number of ether oxygens (including phenoxy) is 1. The fraction of sp³-hybridized carbons (Fsp3) is 0.875. The van der Waals surface area contributed by atoms with Gasteiger partial charge in [-0.3, -0.25) is 4.79 Å². The number of nitrogens with zero attached hydrogens (tertiary/aromatic N) is 1. The van der Waals surface area contributed by atoms with Gasteiger partial charge in [0, 0.05) is 13.1 Å². The lowest BCUT2D eigenvalue weighted by atomic mass is 10.1. The van der Waals surface area contributed by atoms with Crippen molar-refractivity contribution >= 4 is 5.91 Å². The molecule has 2 rings (SSSR count). The zero-order valence-electron chi connectivity index (χ0n) is 7.25. The smallest absolute Gasteiger partial charge is 0.227 e. The minimum absolute atomic E-state index is 0.0301. The lowest BCUT2D eigenvalue weighted by Crippen LogP contribution is -2.40.